The number of aromatic nitrogens is 2. The van der Waals surface area contributed by atoms with Crippen LogP contribution in [0.3, 0.4) is 0 Å². The van der Waals surface area contributed by atoms with Gasteiger partial charge in [-0.25, -0.2) is 0 Å². The Morgan fingerprint density at radius 3 is 2.70 bits per heavy atom. The van der Waals surface area contributed by atoms with Crippen LogP contribution in [0.15, 0.2) is 30.3 Å². The minimum atomic E-state index is -0.0349. The topological polar surface area (TPSA) is 68.2 Å². The molecular formula is C21H28N4O2. The molecule has 6 nitrogen and oxygen atoms in total. The fraction of sp³-hybridized carbons (Fsp3) is 0.524. The second-order valence-corrected chi connectivity index (χ2v) is 7.90. The molecule has 2 N–H and O–H groups in total. The highest BCUT2D eigenvalue weighted by Crippen LogP contribution is 2.34. The van der Waals surface area contributed by atoms with Crippen LogP contribution in [0.5, 0.6) is 0 Å². The number of piperidine rings is 1. The zero-order valence-corrected chi connectivity index (χ0v) is 16.1. The SMILES string of the molecule is Cc1cc(C)n(Cc2ccc(C(=O)NC3COC4(CCNCC4)C3)cc2)n1. The van der Waals surface area contributed by atoms with Gasteiger partial charge in [-0.3, -0.25) is 9.48 Å². The summed E-state index contributed by atoms with van der Waals surface area (Å²) >= 11 is 0. The second kappa shape index (κ2) is 7.44. The summed E-state index contributed by atoms with van der Waals surface area (Å²) in [5.41, 5.74) is 3.96. The first kappa shape index (κ1) is 18.2. The van der Waals surface area contributed by atoms with Gasteiger partial charge in [0, 0.05) is 11.3 Å². The Hall–Kier alpha value is -2.18. The average molecular weight is 368 g/mol. The number of carbonyl (C=O) groups is 1. The minimum Gasteiger partial charge on any atom is -0.373 e. The smallest absolute Gasteiger partial charge is 0.251 e. The van der Waals surface area contributed by atoms with E-state index in [-0.39, 0.29) is 17.6 Å². The van der Waals surface area contributed by atoms with Crippen molar-refractivity contribution >= 4 is 5.91 Å². The third kappa shape index (κ3) is 4.06. The lowest BCUT2D eigenvalue weighted by molar-refractivity contribution is -0.0194. The lowest BCUT2D eigenvalue weighted by Gasteiger charge is -2.32. The highest BCUT2D eigenvalue weighted by molar-refractivity contribution is 5.94. The maximum absolute atomic E-state index is 12.6. The molecule has 2 fully saturated rings. The Balaban J connectivity index is 1.35. The van der Waals surface area contributed by atoms with Crippen LogP contribution in [-0.2, 0) is 11.3 Å². The van der Waals surface area contributed by atoms with E-state index in [1.807, 2.05) is 35.9 Å². The highest BCUT2D eigenvalue weighted by Gasteiger charge is 2.41. The molecule has 1 spiro atoms. The number of nitrogens with one attached hydrogen (secondary N) is 2. The Morgan fingerprint density at radius 1 is 1.30 bits per heavy atom. The van der Waals surface area contributed by atoms with Gasteiger partial charge < -0.3 is 15.4 Å². The van der Waals surface area contributed by atoms with E-state index in [0.29, 0.717) is 18.7 Å². The molecule has 2 aliphatic rings. The molecule has 0 saturated carbocycles. The van der Waals surface area contributed by atoms with Crippen LogP contribution < -0.4 is 10.6 Å². The molecule has 2 aromatic rings. The van der Waals surface area contributed by atoms with Crippen LogP contribution in [-0.4, -0.2) is 47.0 Å². The molecule has 2 saturated heterocycles. The molecule has 0 bridgehead atoms. The molecule has 4 rings (SSSR count). The van der Waals surface area contributed by atoms with Crippen molar-refractivity contribution in [2.75, 3.05) is 19.7 Å². The zero-order valence-electron chi connectivity index (χ0n) is 16.1. The van der Waals surface area contributed by atoms with Crippen LogP contribution >= 0.6 is 0 Å². The molecule has 1 aromatic carbocycles. The van der Waals surface area contributed by atoms with Crippen molar-refractivity contribution in [3.63, 3.8) is 0 Å². The van der Waals surface area contributed by atoms with Gasteiger partial charge in [-0.1, -0.05) is 12.1 Å². The van der Waals surface area contributed by atoms with Gasteiger partial charge in [0.15, 0.2) is 0 Å². The van der Waals surface area contributed by atoms with E-state index in [9.17, 15) is 4.79 Å². The van der Waals surface area contributed by atoms with Gasteiger partial charge in [0.2, 0.25) is 0 Å². The molecule has 0 aliphatic carbocycles. The Bertz CT molecular complexity index is 806. The fourth-order valence-corrected chi connectivity index (χ4v) is 4.21. The molecule has 1 unspecified atom stereocenters. The first-order valence-corrected chi connectivity index (χ1v) is 9.79. The molecule has 3 heterocycles. The van der Waals surface area contributed by atoms with Crippen molar-refractivity contribution in [2.45, 2.75) is 51.3 Å². The average Bonchev–Trinajstić information content (AvgIpc) is 3.18. The number of nitrogens with zero attached hydrogens (tertiary/aromatic N) is 2. The van der Waals surface area contributed by atoms with E-state index < -0.39 is 0 Å². The van der Waals surface area contributed by atoms with Crippen molar-refractivity contribution in [2.24, 2.45) is 0 Å². The van der Waals surface area contributed by atoms with Gasteiger partial charge in [0.25, 0.3) is 5.91 Å². The molecule has 1 amide bonds. The van der Waals surface area contributed by atoms with E-state index >= 15 is 0 Å². The summed E-state index contributed by atoms with van der Waals surface area (Å²) in [4.78, 5) is 12.6. The lowest BCUT2D eigenvalue weighted by atomic mass is 9.88. The Morgan fingerprint density at radius 2 is 2.04 bits per heavy atom. The van der Waals surface area contributed by atoms with Crippen LogP contribution in [0, 0.1) is 13.8 Å². The molecule has 0 radical (unpaired) electrons. The number of ether oxygens (including phenoxy) is 1. The lowest BCUT2D eigenvalue weighted by Crippen LogP contribution is -2.43. The van der Waals surface area contributed by atoms with Crippen LogP contribution in [0.1, 0.15) is 46.6 Å². The highest BCUT2D eigenvalue weighted by atomic mass is 16.5. The second-order valence-electron chi connectivity index (χ2n) is 7.90. The third-order valence-corrected chi connectivity index (χ3v) is 5.71. The first-order chi connectivity index (χ1) is 13.0. The summed E-state index contributed by atoms with van der Waals surface area (Å²) in [6, 6.07) is 9.97. The predicted octanol–water partition coefficient (Wildman–Crippen LogP) is 2.19. The van der Waals surface area contributed by atoms with E-state index in [1.54, 1.807) is 0 Å². The number of hydrogen-bond donors (Lipinski definition) is 2. The Labute approximate surface area is 160 Å². The minimum absolute atomic E-state index is 0.0211. The number of hydrogen-bond acceptors (Lipinski definition) is 4. The maximum Gasteiger partial charge on any atom is 0.251 e. The van der Waals surface area contributed by atoms with E-state index in [1.165, 1.54) is 0 Å². The molecule has 2 aliphatic heterocycles. The quantitative estimate of drug-likeness (QED) is 0.868. The van der Waals surface area contributed by atoms with Gasteiger partial charge in [-0.15, -0.1) is 0 Å². The van der Waals surface area contributed by atoms with Gasteiger partial charge in [-0.05, 0) is 70.0 Å². The van der Waals surface area contributed by atoms with Crippen LogP contribution in [0.2, 0.25) is 0 Å². The summed E-state index contributed by atoms with van der Waals surface area (Å²) in [6.45, 7) is 7.38. The predicted molar refractivity (Wildman–Crippen MR) is 104 cm³/mol. The normalized spacial score (nSPS) is 21.5. The molecular weight excluding hydrogens is 340 g/mol. The van der Waals surface area contributed by atoms with E-state index in [0.717, 1.165) is 49.3 Å². The van der Waals surface area contributed by atoms with E-state index in [4.69, 9.17) is 4.74 Å². The maximum atomic E-state index is 12.6. The summed E-state index contributed by atoms with van der Waals surface area (Å²) in [6.07, 6.45) is 2.97. The van der Waals surface area contributed by atoms with Gasteiger partial charge >= 0.3 is 0 Å². The van der Waals surface area contributed by atoms with Crippen LogP contribution in [0.25, 0.3) is 0 Å². The Kier molecular flexibility index (Phi) is 5.02. The monoisotopic (exact) mass is 368 g/mol. The first-order valence-electron chi connectivity index (χ1n) is 9.79. The van der Waals surface area contributed by atoms with Crippen LogP contribution in [0.4, 0.5) is 0 Å². The number of aryl methyl sites for hydroxylation is 2. The molecule has 6 heteroatoms. The fourth-order valence-electron chi connectivity index (χ4n) is 4.21. The molecule has 1 aromatic heterocycles. The van der Waals surface area contributed by atoms with Crippen molar-refractivity contribution in [3.05, 3.63) is 52.8 Å². The zero-order chi connectivity index (χ0) is 18.9. The number of rotatable bonds is 4. The number of benzene rings is 1. The summed E-state index contributed by atoms with van der Waals surface area (Å²) in [5.74, 6) is -0.0211. The molecule has 1 atom stereocenters. The largest absolute Gasteiger partial charge is 0.373 e. The van der Waals surface area contributed by atoms with Crippen molar-refractivity contribution in [1.82, 2.24) is 20.4 Å². The summed E-state index contributed by atoms with van der Waals surface area (Å²) in [5, 5.41) is 11.0. The molecule has 27 heavy (non-hydrogen) atoms. The number of carbonyl (C=O) groups excluding carboxylic acids is 1. The number of amides is 1. The van der Waals surface area contributed by atoms with Crippen molar-refractivity contribution in [3.8, 4) is 0 Å². The van der Waals surface area contributed by atoms with Gasteiger partial charge in [-0.2, -0.15) is 5.10 Å². The summed E-state index contributed by atoms with van der Waals surface area (Å²) in [7, 11) is 0. The standard InChI is InChI=1S/C21H28N4O2/c1-15-11-16(2)25(24-15)13-17-3-5-18(6-4-17)20(26)23-19-12-21(27-14-19)7-9-22-10-8-21/h3-6,11,19,22H,7-10,12-14H2,1-2H3,(H,23,26). The van der Waals surface area contributed by atoms with Crippen molar-refractivity contribution < 1.29 is 9.53 Å². The third-order valence-electron chi connectivity index (χ3n) is 5.71. The van der Waals surface area contributed by atoms with Gasteiger partial charge in [0.05, 0.1) is 30.5 Å². The summed E-state index contributed by atoms with van der Waals surface area (Å²) < 4.78 is 8.05. The molecule has 144 valence electrons. The van der Waals surface area contributed by atoms with E-state index in [2.05, 4.69) is 28.7 Å². The van der Waals surface area contributed by atoms with Gasteiger partial charge in [0.1, 0.15) is 0 Å². The van der Waals surface area contributed by atoms with Crippen molar-refractivity contribution in [1.29, 1.82) is 0 Å².